The molecule has 2 saturated carbocycles. The molecule has 0 aromatic rings. The number of rotatable bonds is 2. The predicted molar refractivity (Wildman–Crippen MR) is 88.1 cm³/mol. The highest BCUT2D eigenvalue weighted by atomic mass is 16.4. The van der Waals surface area contributed by atoms with Gasteiger partial charge < -0.3 is 5.11 Å². The van der Waals surface area contributed by atoms with Crippen LogP contribution in [0.2, 0.25) is 0 Å². The van der Waals surface area contributed by atoms with Crippen molar-refractivity contribution in [3.05, 3.63) is 35.5 Å². The van der Waals surface area contributed by atoms with Gasteiger partial charge >= 0.3 is 5.97 Å². The summed E-state index contributed by atoms with van der Waals surface area (Å²) in [5.41, 5.74) is 1.13. The molecule has 4 aliphatic rings. The van der Waals surface area contributed by atoms with Crippen molar-refractivity contribution in [2.75, 3.05) is 0 Å². The molecule has 0 heterocycles. The first-order valence-electron chi connectivity index (χ1n) is 8.80. The second kappa shape index (κ2) is 5.27. The van der Waals surface area contributed by atoms with Gasteiger partial charge in [0.2, 0.25) is 0 Å². The topological polar surface area (TPSA) is 71.4 Å². The molecule has 0 spiro atoms. The predicted octanol–water partition coefficient (Wildman–Crippen LogP) is 3.09. The van der Waals surface area contributed by atoms with Gasteiger partial charge in [-0.15, -0.1) is 0 Å². The number of carbonyl (C=O) groups is 3. The molecule has 0 aromatic heterocycles. The number of ketones is 2. The summed E-state index contributed by atoms with van der Waals surface area (Å²) in [7, 11) is 0. The van der Waals surface area contributed by atoms with Crippen molar-refractivity contribution in [3.63, 3.8) is 0 Å². The third kappa shape index (κ3) is 2.08. The molecule has 4 heteroatoms. The van der Waals surface area contributed by atoms with E-state index in [-0.39, 0.29) is 23.5 Å². The quantitative estimate of drug-likeness (QED) is 0.846. The average Bonchev–Trinajstić information content (AvgIpc) is 2.85. The lowest BCUT2D eigenvalue weighted by molar-refractivity contribution is -0.137. The van der Waals surface area contributed by atoms with E-state index in [4.69, 9.17) is 5.11 Å². The van der Waals surface area contributed by atoms with Crippen molar-refractivity contribution in [2.45, 2.75) is 39.0 Å². The molecule has 0 amide bonds. The minimum absolute atomic E-state index is 0.118. The zero-order valence-corrected chi connectivity index (χ0v) is 13.8. The van der Waals surface area contributed by atoms with Crippen LogP contribution in [-0.4, -0.2) is 22.6 Å². The first-order chi connectivity index (χ1) is 11.4. The number of Topliss-reactive ketones (excluding diaryl/α,β-unsaturated/α-hetero) is 1. The molecule has 126 valence electrons. The minimum Gasteiger partial charge on any atom is -0.481 e. The van der Waals surface area contributed by atoms with Crippen LogP contribution in [0.3, 0.4) is 0 Å². The molecule has 0 aliphatic heterocycles. The largest absolute Gasteiger partial charge is 0.481 e. The molecule has 0 unspecified atom stereocenters. The Morgan fingerprint density at radius 1 is 1.25 bits per heavy atom. The number of fused-ring (bicyclic) bond motifs is 5. The molecule has 0 saturated heterocycles. The molecule has 4 nitrogen and oxygen atoms in total. The Hall–Kier alpha value is -1.97. The van der Waals surface area contributed by atoms with E-state index in [0.717, 1.165) is 24.8 Å². The first kappa shape index (κ1) is 15.6. The number of hydrogen-bond acceptors (Lipinski definition) is 3. The van der Waals surface area contributed by atoms with Crippen LogP contribution in [0, 0.1) is 29.1 Å². The van der Waals surface area contributed by atoms with Gasteiger partial charge in [-0.25, -0.2) is 0 Å². The summed E-state index contributed by atoms with van der Waals surface area (Å²) in [4.78, 5) is 35.6. The highest BCUT2D eigenvalue weighted by Crippen LogP contribution is 2.58. The van der Waals surface area contributed by atoms with E-state index in [1.807, 2.05) is 12.2 Å². The van der Waals surface area contributed by atoms with Gasteiger partial charge in [-0.05, 0) is 48.7 Å². The molecular weight excluding hydrogens is 304 g/mol. The molecule has 5 atom stereocenters. The van der Waals surface area contributed by atoms with Crippen molar-refractivity contribution >= 4 is 17.5 Å². The summed E-state index contributed by atoms with van der Waals surface area (Å²) in [6.45, 7) is 2.12. The third-order valence-electron chi connectivity index (χ3n) is 6.84. The van der Waals surface area contributed by atoms with E-state index in [9.17, 15) is 14.4 Å². The second-order valence-electron chi connectivity index (χ2n) is 7.88. The molecule has 4 rings (SSSR count). The number of carboxylic acid groups (broad SMARTS) is 1. The van der Waals surface area contributed by atoms with E-state index in [0.29, 0.717) is 35.5 Å². The van der Waals surface area contributed by atoms with Crippen LogP contribution in [0.1, 0.15) is 39.0 Å². The van der Waals surface area contributed by atoms with Gasteiger partial charge in [-0.2, -0.15) is 0 Å². The monoisotopic (exact) mass is 326 g/mol. The summed E-state index contributed by atoms with van der Waals surface area (Å²) < 4.78 is 0. The van der Waals surface area contributed by atoms with Crippen molar-refractivity contribution in [2.24, 2.45) is 29.1 Å². The van der Waals surface area contributed by atoms with Crippen LogP contribution in [0.5, 0.6) is 0 Å². The Bertz CT molecular complexity index is 726. The molecule has 4 aliphatic carbocycles. The van der Waals surface area contributed by atoms with Gasteiger partial charge in [0.1, 0.15) is 5.78 Å². The maximum Gasteiger partial charge on any atom is 0.307 e. The van der Waals surface area contributed by atoms with Crippen LogP contribution in [-0.2, 0) is 14.4 Å². The lowest BCUT2D eigenvalue weighted by Crippen LogP contribution is -2.44. The Kier molecular flexibility index (Phi) is 3.41. The molecule has 0 aromatic carbocycles. The van der Waals surface area contributed by atoms with Crippen LogP contribution < -0.4 is 0 Å². The van der Waals surface area contributed by atoms with E-state index >= 15 is 0 Å². The van der Waals surface area contributed by atoms with E-state index in [1.54, 1.807) is 6.08 Å². The SMILES string of the molecule is C[C@]12CC[C@H]3[C@@H](C=CC4=C(CC(=O)O)C(=O)C=C[C@@H]43)[C@@H]1CCC2=O. The maximum atomic E-state index is 12.3. The molecular formula is C20H22O4. The zero-order chi connectivity index (χ0) is 17.1. The maximum absolute atomic E-state index is 12.3. The average molecular weight is 326 g/mol. The van der Waals surface area contributed by atoms with E-state index in [1.165, 1.54) is 0 Å². The van der Waals surface area contributed by atoms with Crippen LogP contribution in [0.25, 0.3) is 0 Å². The van der Waals surface area contributed by atoms with Gasteiger partial charge in [-0.1, -0.05) is 25.2 Å². The lowest BCUT2D eigenvalue weighted by Gasteiger charge is -2.49. The van der Waals surface area contributed by atoms with E-state index in [2.05, 4.69) is 13.0 Å². The highest BCUT2D eigenvalue weighted by molar-refractivity contribution is 6.08. The van der Waals surface area contributed by atoms with Gasteiger partial charge in [0, 0.05) is 23.3 Å². The Balaban J connectivity index is 1.74. The fraction of sp³-hybridized carbons (Fsp3) is 0.550. The fourth-order valence-electron chi connectivity index (χ4n) is 5.57. The number of hydrogen-bond donors (Lipinski definition) is 1. The summed E-state index contributed by atoms with van der Waals surface area (Å²) >= 11 is 0. The number of allylic oxidation sites excluding steroid dienone is 5. The smallest absolute Gasteiger partial charge is 0.307 e. The third-order valence-corrected chi connectivity index (χ3v) is 6.84. The summed E-state index contributed by atoms with van der Waals surface area (Å²) in [5, 5.41) is 9.12. The number of carboxylic acids is 1. The lowest BCUT2D eigenvalue weighted by atomic mass is 9.54. The van der Waals surface area contributed by atoms with Crippen LogP contribution in [0.15, 0.2) is 35.5 Å². The van der Waals surface area contributed by atoms with Gasteiger partial charge in [0.05, 0.1) is 6.42 Å². The highest BCUT2D eigenvalue weighted by Gasteiger charge is 2.55. The molecule has 0 radical (unpaired) electrons. The van der Waals surface area contributed by atoms with Crippen molar-refractivity contribution in [3.8, 4) is 0 Å². The fourth-order valence-corrected chi connectivity index (χ4v) is 5.57. The molecule has 2 fully saturated rings. The normalized spacial score (nSPS) is 40.4. The summed E-state index contributed by atoms with van der Waals surface area (Å²) in [5.74, 6) is 0.496. The number of aliphatic carboxylic acids is 1. The minimum atomic E-state index is -0.965. The van der Waals surface area contributed by atoms with Gasteiger partial charge in [-0.3, -0.25) is 14.4 Å². The van der Waals surface area contributed by atoms with Crippen LogP contribution >= 0.6 is 0 Å². The van der Waals surface area contributed by atoms with E-state index < -0.39 is 5.97 Å². The van der Waals surface area contributed by atoms with Crippen molar-refractivity contribution in [1.82, 2.24) is 0 Å². The van der Waals surface area contributed by atoms with Gasteiger partial charge in [0.25, 0.3) is 0 Å². The molecule has 1 N–H and O–H groups in total. The standard InChI is InChI=1S/C20H22O4/c1-20-9-8-13-11-4-6-17(21)15(10-19(23)24)12(11)2-3-14(13)16(20)5-7-18(20)22/h2-4,6,11,13-14,16H,5,7-10H2,1H3,(H,23,24)/t11-,13+,14+,16-,20-/m0/s1. The number of carbonyl (C=O) groups excluding carboxylic acids is 2. The summed E-state index contributed by atoms with van der Waals surface area (Å²) in [6, 6.07) is 0. The van der Waals surface area contributed by atoms with Crippen molar-refractivity contribution < 1.29 is 19.5 Å². The first-order valence-corrected chi connectivity index (χ1v) is 8.80. The molecule has 24 heavy (non-hydrogen) atoms. The van der Waals surface area contributed by atoms with Crippen LogP contribution in [0.4, 0.5) is 0 Å². The Morgan fingerprint density at radius 3 is 2.79 bits per heavy atom. The van der Waals surface area contributed by atoms with Gasteiger partial charge in [0.15, 0.2) is 5.78 Å². The Labute approximate surface area is 141 Å². The summed E-state index contributed by atoms with van der Waals surface area (Å²) in [6.07, 6.45) is 10.9. The zero-order valence-electron chi connectivity index (χ0n) is 13.8. The van der Waals surface area contributed by atoms with Crippen molar-refractivity contribution in [1.29, 1.82) is 0 Å². The Morgan fingerprint density at radius 2 is 2.04 bits per heavy atom. The molecule has 0 bridgehead atoms. The second-order valence-corrected chi connectivity index (χ2v) is 7.88.